The number of rotatable bonds is 5. The number of carbonyl (C=O) groups excluding carboxylic acids is 1. The topological polar surface area (TPSA) is 65.4 Å². The van der Waals surface area contributed by atoms with E-state index >= 15 is 0 Å². The predicted octanol–water partition coefficient (Wildman–Crippen LogP) is 0.188. The standard InChI is InChI=1S/C9H15N3O2/c1-8(6-10)7-14-5-4-12-3-2-11-9(12)13/h8H,2-5,7H2,1H3,(H,11,13). The zero-order chi connectivity index (χ0) is 10.4. The molecule has 0 spiro atoms. The van der Waals surface area contributed by atoms with E-state index in [1.165, 1.54) is 0 Å². The molecule has 5 nitrogen and oxygen atoms in total. The van der Waals surface area contributed by atoms with Crippen LogP contribution < -0.4 is 5.32 Å². The van der Waals surface area contributed by atoms with Gasteiger partial charge in [-0.2, -0.15) is 5.26 Å². The summed E-state index contributed by atoms with van der Waals surface area (Å²) >= 11 is 0. The van der Waals surface area contributed by atoms with Crippen molar-refractivity contribution in [1.82, 2.24) is 10.2 Å². The van der Waals surface area contributed by atoms with Crippen LogP contribution in [0.1, 0.15) is 6.92 Å². The van der Waals surface area contributed by atoms with Crippen molar-refractivity contribution in [3.05, 3.63) is 0 Å². The summed E-state index contributed by atoms with van der Waals surface area (Å²) < 4.78 is 5.25. The fraction of sp³-hybridized carbons (Fsp3) is 0.778. The van der Waals surface area contributed by atoms with E-state index in [4.69, 9.17) is 10.00 Å². The van der Waals surface area contributed by atoms with Gasteiger partial charge in [0.1, 0.15) is 0 Å². The smallest absolute Gasteiger partial charge is 0.317 e. The fourth-order valence-electron chi connectivity index (χ4n) is 1.20. The summed E-state index contributed by atoms with van der Waals surface area (Å²) in [4.78, 5) is 12.8. The molecule has 5 heteroatoms. The third kappa shape index (κ3) is 3.23. The third-order valence-corrected chi connectivity index (χ3v) is 2.04. The van der Waals surface area contributed by atoms with Crippen molar-refractivity contribution >= 4 is 6.03 Å². The number of urea groups is 1. The molecule has 14 heavy (non-hydrogen) atoms. The molecule has 1 heterocycles. The van der Waals surface area contributed by atoms with Gasteiger partial charge in [0.05, 0.1) is 25.2 Å². The predicted molar refractivity (Wildman–Crippen MR) is 50.6 cm³/mol. The minimum Gasteiger partial charge on any atom is -0.378 e. The number of ether oxygens (including phenoxy) is 1. The monoisotopic (exact) mass is 197 g/mol. The molecule has 1 rings (SSSR count). The Morgan fingerprint density at radius 1 is 1.79 bits per heavy atom. The molecule has 0 aromatic rings. The number of carbonyl (C=O) groups is 1. The minimum atomic E-state index is -0.0811. The van der Waals surface area contributed by atoms with Crippen LogP contribution in [-0.2, 0) is 4.74 Å². The van der Waals surface area contributed by atoms with E-state index in [-0.39, 0.29) is 11.9 Å². The molecule has 0 bridgehead atoms. The van der Waals surface area contributed by atoms with Crippen molar-refractivity contribution in [3.8, 4) is 6.07 Å². The van der Waals surface area contributed by atoms with E-state index in [9.17, 15) is 4.79 Å². The van der Waals surface area contributed by atoms with Gasteiger partial charge in [0.25, 0.3) is 0 Å². The fourth-order valence-corrected chi connectivity index (χ4v) is 1.20. The number of amides is 2. The molecule has 78 valence electrons. The first-order valence-electron chi connectivity index (χ1n) is 4.74. The van der Waals surface area contributed by atoms with E-state index in [0.717, 1.165) is 6.54 Å². The SMILES string of the molecule is CC(C#N)COCCN1CCNC1=O. The first kappa shape index (κ1) is 10.8. The zero-order valence-corrected chi connectivity index (χ0v) is 8.32. The molecular weight excluding hydrogens is 182 g/mol. The Hall–Kier alpha value is -1.28. The van der Waals surface area contributed by atoms with Crippen LogP contribution in [0, 0.1) is 17.2 Å². The Labute approximate surface area is 83.6 Å². The molecule has 2 amide bonds. The van der Waals surface area contributed by atoms with E-state index in [0.29, 0.717) is 26.3 Å². The Kier molecular flexibility index (Phi) is 4.20. The minimum absolute atomic E-state index is 0.0260. The third-order valence-electron chi connectivity index (χ3n) is 2.04. The molecule has 0 aromatic heterocycles. The van der Waals surface area contributed by atoms with Crippen LogP contribution in [-0.4, -0.2) is 43.8 Å². The van der Waals surface area contributed by atoms with E-state index in [1.807, 2.05) is 6.92 Å². The van der Waals surface area contributed by atoms with Gasteiger partial charge in [-0.3, -0.25) is 0 Å². The van der Waals surface area contributed by atoms with Crippen molar-refractivity contribution in [2.75, 3.05) is 32.8 Å². The molecule has 0 saturated carbocycles. The molecule has 1 aliphatic heterocycles. The van der Waals surface area contributed by atoms with E-state index < -0.39 is 0 Å². The number of hydrogen-bond acceptors (Lipinski definition) is 3. The van der Waals surface area contributed by atoms with E-state index in [2.05, 4.69) is 11.4 Å². The average Bonchev–Trinajstić information content (AvgIpc) is 2.58. The molecule has 1 fully saturated rings. The second-order valence-electron chi connectivity index (χ2n) is 3.32. The highest BCUT2D eigenvalue weighted by Crippen LogP contribution is 1.97. The van der Waals surface area contributed by atoms with Crippen molar-refractivity contribution in [3.63, 3.8) is 0 Å². The average molecular weight is 197 g/mol. The van der Waals surface area contributed by atoms with Gasteiger partial charge in [-0.05, 0) is 6.92 Å². The normalized spacial score (nSPS) is 17.7. The molecule has 0 aliphatic carbocycles. The maximum atomic E-state index is 11.1. The molecule has 0 radical (unpaired) electrons. The molecule has 1 atom stereocenters. The number of nitrogens with one attached hydrogen (secondary N) is 1. The van der Waals surface area contributed by atoms with Gasteiger partial charge in [0.15, 0.2) is 0 Å². The van der Waals surface area contributed by atoms with Gasteiger partial charge >= 0.3 is 6.03 Å². The van der Waals surface area contributed by atoms with Crippen molar-refractivity contribution in [1.29, 1.82) is 5.26 Å². The second kappa shape index (κ2) is 5.45. The zero-order valence-electron chi connectivity index (χ0n) is 8.32. The first-order chi connectivity index (χ1) is 6.74. The Bertz CT molecular complexity index is 237. The van der Waals surface area contributed by atoms with Crippen molar-refractivity contribution in [2.24, 2.45) is 5.92 Å². The molecular formula is C9H15N3O2. The lowest BCUT2D eigenvalue weighted by molar-refractivity contribution is 0.103. The number of hydrogen-bond donors (Lipinski definition) is 1. The lowest BCUT2D eigenvalue weighted by Gasteiger charge is -2.13. The van der Waals surface area contributed by atoms with Gasteiger partial charge in [-0.15, -0.1) is 0 Å². The highest BCUT2D eigenvalue weighted by molar-refractivity contribution is 5.76. The summed E-state index contributed by atoms with van der Waals surface area (Å²) in [5.41, 5.74) is 0. The molecule has 0 aromatic carbocycles. The quantitative estimate of drug-likeness (QED) is 0.640. The van der Waals surface area contributed by atoms with E-state index in [1.54, 1.807) is 4.90 Å². The summed E-state index contributed by atoms with van der Waals surface area (Å²) in [6.07, 6.45) is 0. The van der Waals surface area contributed by atoms with Crippen LogP contribution in [0.25, 0.3) is 0 Å². The second-order valence-corrected chi connectivity index (χ2v) is 3.32. The van der Waals surface area contributed by atoms with Crippen molar-refractivity contribution < 1.29 is 9.53 Å². The van der Waals surface area contributed by atoms with Crippen LogP contribution in [0.3, 0.4) is 0 Å². The molecule has 1 aliphatic rings. The lowest BCUT2D eigenvalue weighted by atomic mass is 10.2. The van der Waals surface area contributed by atoms with Crippen LogP contribution in [0.15, 0.2) is 0 Å². The highest BCUT2D eigenvalue weighted by atomic mass is 16.5. The maximum absolute atomic E-state index is 11.1. The van der Waals surface area contributed by atoms with Gasteiger partial charge in [-0.25, -0.2) is 4.79 Å². The largest absolute Gasteiger partial charge is 0.378 e. The van der Waals surface area contributed by atoms with Gasteiger partial charge < -0.3 is 15.0 Å². The van der Waals surface area contributed by atoms with Gasteiger partial charge in [0, 0.05) is 19.6 Å². The lowest BCUT2D eigenvalue weighted by Crippen LogP contribution is -2.31. The maximum Gasteiger partial charge on any atom is 0.317 e. The number of nitrogens with zero attached hydrogens (tertiary/aromatic N) is 2. The Morgan fingerprint density at radius 2 is 2.57 bits per heavy atom. The van der Waals surface area contributed by atoms with Gasteiger partial charge in [-0.1, -0.05) is 0 Å². The summed E-state index contributed by atoms with van der Waals surface area (Å²) in [5, 5.41) is 11.2. The first-order valence-corrected chi connectivity index (χ1v) is 4.74. The summed E-state index contributed by atoms with van der Waals surface area (Å²) in [6, 6.07) is 2.06. The summed E-state index contributed by atoms with van der Waals surface area (Å²) in [6.45, 7) is 4.81. The Balaban J connectivity index is 2.04. The van der Waals surface area contributed by atoms with Crippen LogP contribution in [0.4, 0.5) is 4.79 Å². The number of nitriles is 1. The van der Waals surface area contributed by atoms with Crippen LogP contribution in [0.2, 0.25) is 0 Å². The molecule has 1 saturated heterocycles. The van der Waals surface area contributed by atoms with Gasteiger partial charge in [0.2, 0.25) is 0 Å². The van der Waals surface area contributed by atoms with Crippen LogP contribution in [0.5, 0.6) is 0 Å². The molecule has 1 unspecified atom stereocenters. The Morgan fingerprint density at radius 3 is 3.14 bits per heavy atom. The molecule has 1 N–H and O–H groups in total. The summed E-state index contributed by atoms with van der Waals surface area (Å²) in [5.74, 6) is -0.0811. The van der Waals surface area contributed by atoms with Crippen LogP contribution >= 0.6 is 0 Å². The summed E-state index contributed by atoms with van der Waals surface area (Å²) in [7, 11) is 0. The van der Waals surface area contributed by atoms with Crippen molar-refractivity contribution in [2.45, 2.75) is 6.92 Å². The highest BCUT2D eigenvalue weighted by Gasteiger charge is 2.18.